The van der Waals surface area contributed by atoms with Gasteiger partial charge in [-0.05, 0) is 55.7 Å². The van der Waals surface area contributed by atoms with Crippen LogP contribution in [-0.2, 0) is 4.79 Å². The first kappa shape index (κ1) is 18.3. The van der Waals surface area contributed by atoms with E-state index in [-0.39, 0.29) is 5.91 Å². The molecule has 0 bridgehead atoms. The highest BCUT2D eigenvalue weighted by Crippen LogP contribution is 2.24. The van der Waals surface area contributed by atoms with Crippen LogP contribution in [0.3, 0.4) is 0 Å². The summed E-state index contributed by atoms with van der Waals surface area (Å²) >= 11 is 0. The number of piperazine rings is 1. The highest BCUT2D eigenvalue weighted by Gasteiger charge is 2.22. The Morgan fingerprint density at radius 2 is 1.73 bits per heavy atom. The molecule has 26 heavy (non-hydrogen) atoms. The summed E-state index contributed by atoms with van der Waals surface area (Å²) in [5.41, 5.74) is 5.10. The summed E-state index contributed by atoms with van der Waals surface area (Å²) in [6.07, 6.45) is 0.428. The van der Waals surface area contributed by atoms with Crippen molar-refractivity contribution in [3.05, 3.63) is 59.2 Å². The van der Waals surface area contributed by atoms with E-state index in [0.29, 0.717) is 13.0 Å². The molecule has 0 aromatic heterocycles. The van der Waals surface area contributed by atoms with E-state index in [1.54, 1.807) is 0 Å². The molecule has 0 atom stereocenters. The zero-order chi connectivity index (χ0) is 18.5. The summed E-state index contributed by atoms with van der Waals surface area (Å²) in [7, 11) is 0. The van der Waals surface area contributed by atoms with E-state index < -0.39 is 0 Å². The number of hydrogen-bond acceptors (Lipinski definition) is 3. The van der Waals surface area contributed by atoms with Gasteiger partial charge in [0.1, 0.15) is 5.75 Å². The molecule has 4 heteroatoms. The van der Waals surface area contributed by atoms with Crippen LogP contribution in [0.5, 0.6) is 5.75 Å². The summed E-state index contributed by atoms with van der Waals surface area (Å²) in [6, 6.07) is 14.4. The van der Waals surface area contributed by atoms with E-state index in [1.165, 1.54) is 16.8 Å². The molecule has 1 fully saturated rings. The van der Waals surface area contributed by atoms with Crippen molar-refractivity contribution in [3.63, 3.8) is 0 Å². The third-order valence-corrected chi connectivity index (χ3v) is 5.12. The van der Waals surface area contributed by atoms with Crippen LogP contribution in [0.2, 0.25) is 0 Å². The third kappa shape index (κ3) is 4.37. The van der Waals surface area contributed by atoms with Gasteiger partial charge in [0, 0.05) is 31.9 Å². The van der Waals surface area contributed by atoms with Crippen LogP contribution < -0.4 is 9.64 Å². The van der Waals surface area contributed by atoms with E-state index >= 15 is 0 Å². The molecule has 2 aromatic carbocycles. The minimum absolute atomic E-state index is 0.179. The van der Waals surface area contributed by atoms with Crippen molar-refractivity contribution < 1.29 is 9.53 Å². The molecule has 0 unspecified atom stereocenters. The van der Waals surface area contributed by atoms with Gasteiger partial charge in [-0.2, -0.15) is 0 Å². The first-order valence-electron chi connectivity index (χ1n) is 9.33. The standard InChI is InChI=1S/C22H28N2O2/c1-17-6-4-8-20(16-17)26-15-10-22(25)24-13-11-23(12-14-24)21-9-5-7-18(2)19(21)3/h4-9,16H,10-15H2,1-3H3. The van der Waals surface area contributed by atoms with E-state index in [1.807, 2.05) is 36.1 Å². The van der Waals surface area contributed by atoms with E-state index in [9.17, 15) is 4.79 Å². The van der Waals surface area contributed by atoms with Crippen molar-refractivity contribution in [2.75, 3.05) is 37.7 Å². The Morgan fingerprint density at radius 1 is 1.00 bits per heavy atom. The second-order valence-corrected chi connectivity index (χ2v) is 7.00. The zero-order valence-corrected chi connectivity index (χ0v) is 16.0. The molecule has 3 rings (SSSR count). The molecular formula is C22H28N2O2. The zero-order valence-electron chi connectivity index (χ0n) is 16.0. The van der Waals surface area contributed by atoms with E-state index in [4.69, 9.17) is 4.74 Å². The molecule has 138 valence electrons. The normalized spacial score (nSPS) is 14.4. The highest BCUT2D eigenvalue weighted by molar-refractivity contribution is 5.76. The summed E-state index contributed by atoms with van der Waals surface area (Å²) < 4.78 is 5.71. The van der Waals surface area contributed by atoms with Crippen molar-refractivity contribution in [2.24, 2.45) is 0 Å². The fourth-order valence-corrected chi connectivity index (χ4v) is 3.39. The van der Waals surface area contributed by atoms with Crippen molar-refractivity contribution in [3.8, 4) is 5.75 Å². The molecule has 1 amide bonds. The maximum Gasteiger partial charge on any atom is 0.226 e. The number of rotatable bonds is 5. The topological polar surface area (TPSA) is 32.8 Å². The predicted octanol–water partition coefficient (Wildman–Crippen LogP) is 3.73. The molecule has 0 spiro atoms. The van der Waals surface area contributed by atoms with Gasteiger partial charge in [-0.3, -0.25) is 4.79 Å². The van der Waals surface area contributed by atoms with Gasteiger partial charge < -0.3 is 14.5 Å². The Labute approximate surface area is 156 Å². The molecule has 0 aliphatic carbocycles. The second kappa shape index (κ2) is 8.26. The number of nitrogens with zero attached hydrogens (tertiary/aromatic N) is 2. The fraction of sp³-hybridized carbons (Fsp3) is 0.409. The maximum absolute atomic E-state index is 12.4. The Morgan fingerprint density at radius 3 is 2.46 bits per heavy atom. The number of aryl methyl sites for hydroxylation is 2. The summed E-state index contributed by atoms with van der Waals surface area (Å²) in [5, 5.41) is 0. The lowest BCUT2D eigenvalue weighted by Crippen LogP contribution is -2.49. The molecule has 1 aliphatic heterocycles. The summed E-state index contributed by atoms with van der Waals surface area (Å²) in [6.45, 7) is 10.1. The van der Waals surface area contributed by atoms with Gasteiger partial charge >= 0.3 is 0 Å². The Balaban J connectivity index is 1.47. The van der Waals surface area contributed by atoms with Crippen LogP contribution in [-0.4, -0.2) is 43.6 Å². The van der Waals surface area contributed by atoms with Crippen LogP contribution in [0.1, 0.15) is 23.1 Å². The first-order valence-corrected chi connectivity index (χ1v) is 9.33. The van der Waals surface area contributed by atoms with Gasteiger partial charge in [0.25, 0.3) is 0 Å². The Bertz CT molecular complexity index is 764. The van der Waals surface area contributed by atoms with Gasteiger partial charge in [-0.1, -0.05) is 24.3 Å². The average molecular weight is 352 g/mol. The number of ether oxygens (including phenoxy) is 1. The van der Waals surface area contributed by atoms with Gasteiger partial charge in [0.15, 0.2) is 0 Å². The largest absolute Gasteiger partial charge is 0.493 e. The van der Waals surface area contributed by atoms with Crippen LogP contribution in [0.25, 0.3) is 0 Å². The number of benzene rings is 2. The van der Waals surface area contributed by atoms with Crippen molar-refractivity contribution in [2.45, 2.75) is 27.2 Å². The summed E-state index contributed by atoms with van der Waals surface area (Å²) in [5.74, 6) is 1.01. The number of amides is 1. The van der Waals surface area contributed by atoms with Crippen molar-refractivity contribution in [1.29, 1.82) is 0 Å². The molecule has 0 saturated carbocycles. The van der Waals surface area contributed by atoms with Crippen LogP contribution >= 0.6 is 0 Å². The van der Waals surface area contributed by atoms with E-state index in [0.717, 1.165) is 37.5 Å². The van der Waals surface area contributed by atoms with Gasteiger partial charge in [-0.15, -0.1) is 0 Å². The monoisotopic (exact) mass is 352 g/mol. The average Bonchev–Trinajstić information content (AvgIpc) is 2.64. The van der Waals surface area contributed by atoms with Crippen molar-refractivity contribution >= 4 is 11.6 Å². The minimum Gasteiger partial charge on any atom is -0.493 e. The number of carbonyl (C=O) groups excluding carboxylic acids is 1. The SMILES string of the molecule is Cc1cccc(OCCC(=O)N2CCN(c3cccc(C)c3C)CC2)c1. The lowest BCUT2D eigenvalue weighted by molar-refractivity contribution is -0.132. The summed E-state index contributed by atoms with van der Waals surface area (Å²) in [4.78, 5) is 16.8. The molecule has 4 nitrogen and oxygen atoms in total. The lowest BCUT2D eigenvalue weighted by Gasteiger charge is -2.37. The molecule has 0 N–H and O–H groups in total. The molecule has 1 saturated heterocycles. The van der Waals surface area contributed by atoms with Gasteiger partial charge in [0.05, 0.1) is 13.0 Å². The minimum atomic E-state index is 0.179. The molecule has 1 heterocycles. The van der Waals surface area contributed by atoms with Gasteiger partial charge in [0.2, 0.25) is 5.91 Å². The maximum atomic E-state index is 12.4. The van der Waals surface area contributed by atoms with Crippen LogP contribution in [0, 0.1) is 20.8 Å². The molecule has 2 aromatic rings. The number of hydrogen-bond donors (Lipinski definition) is 0. The van der Waals surface area contributed by atoms with Crippen molar-refractivity contribution in [1.82, 2.24) is 4.90 Å². The fourth-order valence-electron chi connectivity index (χ4n) is 3.39. The van der Waals surface area contributed by atoms with Crippen LogP contribution in [0.4, 0.5) is 5.69 Å². The van der Waals surface area contributed by atoms with E-state index in [2.05, 4.69) is 36.9 Å². The molecular weight excluding hydrogens is 324 g/mol. The lowest BCUT2D eigenvalue weighted by atomic mass is 10.1. The van der Waals surface area contributed by atoms with Gasteiger partial charge in [-0.25, -0.2) is 0 Å². The first-order chi connectivity index (χ1) is 12.5. The molecule has 0 radical (unpaired) electrons. The Kier molecular flexibility index (Phi) is 5.82. The highest BCUT2D eigenvalue weighted by atomic mass is 16.5. The number of carbonyl (C=O) groups is 1. The second-order valence-electron chi connectivity index (χ2n) is 7.00. The number of anilines is 1. The Hall–Kier alpha value is -2.49. The predicted molar refractivity (Wildman–Crippen MR) is 106 cm³/mol. The third-order valence-electron chi connectivity index (χ3n) is 5.12. The quantitative estimate of drug-likeness (QED) is 0.822. The van der Waals surface area contributed by atoms with Crippen LogP contribution in [0.15, 0.2) is 42.5 Å². The smallest absolute Gasteiger partial charge is 0.226 e. The molecule has 1 aliphatic rings.